The summed E-state index contributed by atoms with van der Waals surface area (Å²) in [4.78, 5) is 14.4. The van der Waals surface area contributed by atoms with E-state index >= 15 is 0 Å². The molecule has 0 atom stereocenters. The molecule has 0 saturated heterocycles. The molecule has 0 radical (unpaired) electrons. The Bertz CT molecular complexity index is 1150. The molecule has 31 heavy (non-hydrogen) atoms. The van der Waals surface area contributed by atoms with Crippen molar-refractivity contribution in [3.63, 3.8) is 0 Å². The highest BCUT2D eigenvalue weighted by Gasteiger charge is 2.24. The Morgan fingerprint density at radius 1 is 0.968 bits per heavy atom. The van der Waals surface area contributed by atoms with Crippen LogP contribution in [-0.2, 0) is 16.6 Å². The molecule has 3 aromatic carbocycles. The van der Waals surface area contributed by atoms with Crippen LogP contribution in [0.1, 0.15) is 15.9 Å². The zero-order chi connectivity index (χ0) is 22.4. The van der Waals surface area contributed by atoms with Gasteiger partial charge in [-0.1, -0.05) is 36.4 Å². The van der Waals surface area contributed by atoms with E-state index in [0.717, 1.165) is 5.56 Å². The van der Waals surface area contributed by atoms with Gasteiger partial charge >= 0.3 is 0 Å². The number of carbonyl (C=O) groups is 1. The van der Waals surface area contributed by atoms with Crippen LogP contribution in [0.15, 0.2) is 96.4 Å². The van der Waals surface area contributed by atoms with Crippen LogP contribution in [0.3, 0.4) is 0 Å². The summed E-state index contributed by atoms with van der Waals surface area (Å²) in [5.41, 5.74) is 1.66. The Balaban J connectivity index is 1.80. The Morgan fingerprint density at radius 2 is 1.58 bits per heavy atom. The highest BCUT2D eigenvalue weighted by Crippen LogP contribution is 2.24. The summed E-state index contributed by atoms with van der Waals surface area (Å²) in [6.45, 7) is 4.07. The molecule has 0 unspecified atom stereocenters. The van der Waals surface area contributed by atoms with E-state index < -0.39 is 10.0 Å². The number of nitrogens with zero attached hydrogens (tertiary/aromatic N) is 2. The second-order valence-corrected chi connectivity index (χ2v) is 8.83. The molecule has 0 N–H and O–H groups in total. The molecule has 0 bridgehead atoms. The van der Waals surface area contributed by atoms with Gasteiger partial charge < -0.3 is 4.90 Å². The van der Waals surface area contributed by atoms with Crippen LogP contribution in [0.5, 0.6) is 0 Å². The average molecular weight is 439 g/mol. The summed E-state index contributed by atoms with van der Waals surface area (Å²) in [5.74, 6) is -0.556. The molecular weight excluding hydrogens is 415 g/mol. The van der Waals surface area contributed by atoms with Crippen molar-refractivity contribution in [1.29, 1.82) is 0 Å². The Morgan fingerprint density at radius 3 is 2.16 bits per heavy atom. The molecule has 0 aromatic heterocycles. The van der Waals surface area contributed by atoms with Gasteiger partial charge in [0.25, 0.3) is 15.9 Å². The average Bonchev–Trinajstić information content (AvgIpc) is 2.79. The lowest BCUT2D eigenvalue weighted by molar-refractivity contribution is 0.0785. The second-order valence-electron chi connectivity index (χ2n) is 6.97. The van der Waals surface area contributed by atoms with Gasteiger partial charge in [-0.15, -0.1) is 6.58 Å². The topological polar surface area (TPSA) is 57.7 Å². The highest BCUT2D eigenvalue weighted by atomic mass is 32.2. The number of rotatable bonds is 8. The zero-order valence-corrected chi connectivity index (χ0v) is 17.9. The third-order valence-corrected chi connectivity index (χ3v) is 6.52. The van der Waals surface area contributed by atoms with Crippen LogP contribution >= 0.6 is 0 Å². The molecule has 1 amide bonds. The SMILES string of the molecule is C=CCN(c1ccc(C(=O)N(C)Cc2ccc(F)cc2)cc1)S(=O)(=O)c1ccccc1. The fourth-order valence-corrected chi connectivity index (χ4v) is 4.56. The predicted octanol–water partition coefficient (Wildman–Crippen LogP) is 4.48. The van der Waals surface area contributed by atoms with Crippen molar-refractivity contribution >= 4 is 21.6 Å². The van der Waals surface area contributed by atoms with Gasteiger partial charge in [0.1, 0.15) is 5.82 Å². The molecule has 5 nitrogen and oxygen atoms in total. The van der Waals surface area contributed by atoms with E-state index in [4.69, 9.17) is 0 Å². The molecular formula is C24H23FN2O3S. The first-order valence-corrected chi connectivity index (χ1v) is 11.1. The number of carbonyl (C=O) groups excluding carboxylic acids is 1. The normalized spacial score (nSPS) is 11.0. The number of hydrogen-bond donors (Lipinski definition) is 0. The molecule has 0 heterocycles. The van der Waals surface area contributed by atoms with Gasteiger partial charge in [-0.05, 0) is 54.1 Å². The summed E-state index contributed by atoms with van der Waals surface area (Å²) in [6, 6.07) is 20.5. The van der Waals surface area contributed by atoms with E-state index in [1.807, 2.05) is 0 Å². The summed E-state index contributed by atoms with van der Waals surface area (Å²) in [7, 11) is -2.12. The monoisotopic (exact) mass is 438 g/mol. The van der Waals surface area contributed by atoms with Gasteiger partial charge in [0.05, 0.1) is 17.1 Å². The van der Waals surface area contributed by atoms with Crippen molar-refractivity contribution in [2.45, 2.75) is 11.4 Å². The second kappa shape index (κ2) is 9.57. The molecule has 0 aliphatic rings. The van der Waals surface area contributed by atoms with Crippen molar-refractivity contribution in [2.24, 2.45) is 0 Å². The Hall–Kier alpha value is -3.45. The van der Waals surface area contributed by atoms with E-state index in [2.05, 4.69) is 6.58 Å². The maximum absolute atomic E-state index is 13.1. The van der Waals surface area contributed by atoms with E-state index in [0.29, 0.717) is 17.8 Å². The lowest BCUT2D eigenvalue weighted by Gasteiger charge is -2.24. The molecule has 3 rings (SSSR count). The molecule has 0 aliphatic carbocycles. The van der Waals surface area contributed by atoms with Gasteiger partial charge in [-0.25, -0.2) is 12.8 Å². The third-order valence-electron chi connectivity index (χ3n) is 4.71. The Kier molecular flexibility index (Phi) is 6.87. The van der Waals surface area contributed by atoms with E-state index in [1.165, 1.54) is 39.5 Å². The standard InChI is InChI=1S/C24H23FN2O3S/c1-3-17-27(31(29,30)23-7-5-4-6-8-23)22-15-11-20(12-16-22)24(28)26(2)18-19-9-13-21(25)14-10-19/h3-16H,1,17-18H2,2H3. The van der Waals surface area contributed by atoms with E-state index in [1.54, 1.807) is 61.6 Å². The van der Waals surface area contributed by atoms with Crippen LogP contribution in [0, 0.1) is 5.82 Å². The molecule has 0 spiro atoms. The largest absolute Gasteiger partial charge is 0.337 e. The maximum atomic E-state index is 13.1. The van der Waals surface area contributed by atoms with Crippen molar-refractivity contribution in [3.05, 3.63) is 108 Å². The van der Waals surface area contributed by atoms with E-state index in [9.17, 15) is 17.6 Å². The first kappa shape index (κ1) is 22.2. The van der Waals surface area contributed by atoms with Gasteiger partial charge in [0, 0.05) is 19.2 Å². The predicted molar refractivity (Wildman–Crippen MR) is 120 cm³/mol. The number of hydrogen-bond acceptors (Lipinski definition) is 3. The van der Waals surface area contributed by atoms with Gasteiger partial charge in [-0.3, -0.25) is 9.10 Å². The number of anilines is 1. The van der Waals surface area contributed by atoms with Gasteiger partial charge in [-0.2, -0.15) is 0 Å². The molecule has 7 heteroatoms. The molecule has 160 valence electrons. The summed E-state index contributed by atoms with van der Waals surface area (Å²) < 4.78 is 40.4. The summed E-state index contributed by atoms with van der Waals surface area (Å²) >= 11 is 0. The maximum Gasteiger partial charge on any atom is 0.264 e. The number of halogens is 1. The molecule has 0 fully saturated rings. The number of benzene rings is 3. The van der Waals surface area contributed by atoms with Crippen LogP contribution in [0.2, 0.25) is 0 Å². The number of amides is 1. The van der Waals surface area contributed by atoms with Crippen LogP contribution in [0.4, 0.5) is 10.1 Å². The first-order chi connectivity index (χ1) is 14.8. The van der Waals surface area contributed by atoms with Gasteiger partial charge in [0.15, 0.2) is 0 Å². The zero-order valence-electron chi connectivity index (χ0n) is 17.1. The summed E-state index contributed by atoms with van der Waals surface area (Å²) in [5, 5.41) is 0. The van der Waals surface area contributed by atoms with Crippen LogP contribution in [0.25, 0.3) is 0 Å². The third kappa shape index (κ3) is 5.19. The lowest BCUT2D eigenvalue weighted by atomic mass is 10.1. The molecule has 0 aliphatic heterocycles. The fraction of sp³-hybridized carbons (Fsp3) is 0.125. The minimum atomic E-state index is -3.77. The fourth-order valence-electron chi connectivity index (χ4n) is 3.11. The van der Waals surface area contributed by atoms with E-state index in [-0.39, 0.29) is 23.2 Å². The minimum absolute atomic E-state index is 0.0923. The molecule has 0 saturated carbocycles. The van der Waals surface area contributed by atoms with Crippen molar-refractivity contribution in [1.82, 2.24) is 4.90 Å². The molecule has 3 aromatic rings. The highest BCUT2D eigenvalue weighted by molar-refractivity contribution is 7.92. The van der Waals surface area contributed by atoms with Crippen molar-refractivity contribution in [3.8, 4) is 0 Å². The van der Waals surface area contributed by atoms with Crippen molar-refractivity contribution < 1.29 is 17.6 Å². The van der Waals surface area contributed by atoms with Crippen molar-refractivity contribution in [2.75, 3.05) is 17.9 Å². The van der Waals surface area contributed by atoms with Crippen LogP contribution < -0.4 is 4.31 Å². The Labute approximate surface area is 182 Å². The smallest absolute Gasteiger partial charge is 0.264 e. The minimum Gasteiger partial charge on any atom is -0.337 e. The number of sulfonamides is 1. The summed E-state index contributed by atoms with van der Waals surface area (Å²) in [6.07, 6.45) is 1.51. The van der Waals surface area contributed by atoms with Gasteiger partial charge in [0.2, 0.25) is 0 Å². The lowest BCUT2D eigenvalue weighted by Crippen LogP contribution is -2.31. The first-order valence-electron chi connectivity index (χ1n) is 9.61. The quantitative estimate of drug-likeness (QED) is 0.487. The van der Waals surface area contributed by atoms with Crippen LogP contribution in [-0.4, -0.2) is 32.8 Å².